The molecule has 2 atom stereocenters. The minimum absolute atomic E-state index is 0.373. The first-order chi connectivity index (χ1) is 20.0. The Hall–Kier alpha value is 0. The SMILES string of the molecule is CCCCCCCCCCC(CCCCCC)(CCCCCCC)[C](C)C(CCCCC)(CCC(C)C)CC(C)(C)C. The Morgan fingerprint density at radius 1 is 0.429 bits per heavy atom. The van der Waals surface area contributed by atoms with Gasteiger partial charge in [0, 0.05) is 0 Å². The van der Waals surface area contributed by atoms with E-state index in [1.54, 1.807) is 0 Å². The molecule has 0 heteroatoms. The number of unbranched alkanes of at least 4 members (excludes halogenated alkanes) is 16. The van der Waals surface area contributed by atoms with E-state index in [4.69, 9.17) is 0 Å². The molecule has 0 aromatic rings. The lowest BCUT2D eigenvalue weighted by Crippen LogP contribution is -2.42. The second-order valence-corrected chi connectivity index (χ2v) is 16.5. The summed E-state index contributed by atoms with van der Waals surface area (Å²) in [5.41, 5.74) is 1.24. The Morgan fingerprint density at radius 3 is 1.12 bits per heavy atom. The van der Waals surface area contributed by atoms with Gasteiger partial charge in [0.15, 0.2) is 0 Å². The Kier molecular flexibility index (Phi) is 25.2. The van der Waals surface area contributed by atoms with Crippen LogP contribution in [-0.2, 0) is 0 Å². The van der Waals surface area contributed by atoms with Crippen molar-refractivity contribution in [2.24, 2.45) is 22.2 Å². The fraction of sp³-hybridized carbons (Fsp3) is 0.976. The molecule has 0 nitrogen and oxygen atoms in total. The van der Waals surface area contributed by atoms with Crippen molar-refractivity contribution in [2.45, 2.75) is 243 Å². The summed E-state index contributed by atoms with van der Waals surface area (Å²) in [6, 6.07) is 0. The molecule has 0 aliphatic heterocycles. The van der Waals surface area contributed by atoms with Crippen LogP contribution in [0.1, 0.15) is 243 Å². The minimum atomic E-state index is 0.373. The quantitative estimate of drug-likeness (QED) is 0.0731. The minimum Gasteiger partial charge on any atom is -0.0654 e. The van der Waals surface area contributed by atoms with Gasteiger partial charge in [-0.1, -0.05) is 204 Å². The van der Waals surface area contributed by atoms with Crippen LogP contribution >= 0.6 is 0 Å². The molecule has 0 aromatic carbocycles. The van der Waals surface area contributed by atoms with E-state index in [-0.39, 0.29) is 0 Å². The molecule has 0 aliphatic rings. The standard InChI is InChI=1S/C42H85/c1-11-15-19-22-23-24-26-30-34-41(32-28-21-17-13-3,33-29-25-20-16-12-2)39(7)42(35-27-18-14-4,36-31-38(5)6)37-40(8,9)10/h38H,11-37H2,1-10H3. The van der Waals surface area contributed by atoms with Crippen LogP contribution in [0.3, 0.4) is 0 Å². The van der Waals surface area contributed by atoms with Gasteiger partial charge in [0.1, 0.15) is 0 Å². The lowest BCUT2D eigenvalue weighted by atomic mass is 9.51. The van der Waals surface area contributed by atoms with Crippen LogP contribution in [0.4, 0.5) is 0 Å². The fourth-order valence-corrected chi connectivity index (χ4v) is 8.16. The van der Waals surface area contributed by atoms with Crippen LogP contribution in [0.25, 0.3) is 0 Å². The second kappa shape index (κ2) is 25.2. The third-order valence-corrected chi connectivity index (χ3v) is 10.7. The summed E-state index contributed by atoms with van der Waals surface area (Å²) in [5, 5.41) is 0. The highest BCUT2D eigenvalue weighted by molar-refractivity contribution is 5.16. The maximum atomic E-state index is 2.73. The van der Waals surface area contributed by atoms with Gasteiger partial charge in [0.05, 0.1) is 0 Å². The van der Waals surface area contributed by atoms with Crippen LogP contribution in [0.2, 0.25) is 0 Å². The molecule has 0 fully saturated rings. The Balaban J connectivity index is 6.33. The van der Waals surface area contributed by atoms with Gasteiger partial charge >= 0.3 is 0 Å². The normalized spacial score (nSPS) is 15.4. The maximum Gasteiger partial charge on any atom is -0.0148 e. The maximum absolute atomic E-state index is 2.73. The summed E-state index contributed by atoms with van der Waals surface area (Å²) >= 11 is 0. The molecule has 0 bridgehead atoms. The summed E-state index contributed by atoms with van der Waals surface area (Å²) in [6.07, 6.45) is 38.5. The molecule has 0 aromatic heterocycles. The molecule has 0 N–H and O–H groups in total. The predicted molar refractivity (Wildman–Crippen MR) is 195 cm³/mol. The predicted octanol–water partition coefficient (Wildman–Crippen LogP) is 15.9. The summed E-state index contributed by atoms with van der Waals surface area (Å²) < 4.78 is 0. The molecular weight excluding hydrogens is 504 g/mol. The molecule has 1 radical (unpaired) electrons. The van der Waals surface area contributed by atoms with Gasteiger partial charge < -0.3 is 0 Å². The number of rotatable bonds is 30. The zero-order valence-electron chi connectivity index (χ0n) is 31.7. The largest absolute Gasteiger partial charge is 0.0654 e. The third kappa shape index (κ3) is 19.4. The van der Waals surface area contributed by atoms with E-state index < -0.39 is 0 Å². The van der Waals surface area contributed by atoms with Crippen LogP contribution in [0, 0.1) is 28.1 Å². The van der Waals surface area contributed by atoms with Gasteiger partial charge in [-0.15, -0.1) is 0 Å². The van der Waals surface area contributed by atoms with Gasteiger partial charge in [-0.3, -0.25) is 0 Å². The fourth-order valence-electron chi connectivity index (χ4n) is 8.16. The number of hydrogen-bond donors (Lipinski definition) is 0. The monoisotopic (exact) mass is 590 g/mol. The Labute approximate surface area is 270 Å². The van der Waals surface area contributed by atoms with E-state index in [0.717, 1.165) is 5.92 Å². The van der Waals surface area contributed by atoms with E-state index in [2.05, 4.69) is 69.2 Å². The van der Waals surface area contributed by atoms with Crippen molar-refractivity contribution in [1.29, 1.82) is 0 Å². The molecule has 0 saturated carbocycles. The van der Waals surface area contributed by atoms with Gasteiger partial charge in [0.2, 0.25) is 0 Å². The van der Waals surface area contributed by atoms with Crippen molar-refractivity contribution in [1.82, 2.24) is 0 Å². The molecule has 42 heavy (non-hydrogen) atoms. The van der Waals surface area contributed by atoms with Crippen LogP contribution in [-0.4, -0.2) is 0 Å². The van der Waals surface area contributed by atoms with E-state index in [1.807, 2.05) is 5.92 Å². The zero-order chi connectivity index (χ0) is 31.7. The number of hydrogen-bond acceptors (Lipinski definition) is 0. The lowest BCUT2D eigenvalue weighted by Gasteiger charge is -2.53. The summed E-state index contributed by atoms with van der Waals surface area (Å²) in [6.45, 7) is 24.8. The highest BCUT2D eigenvalue weighted by Crippen LogP contribution is 2.59. The summed E-state index contributed by atoms with van der Waals surface area (Å²) in [4.78, 5) is 0. The molecule has 253 valence electrons. The van der Waals surface area contributed by atoms with Gasteiger partial charge in [0.25, 0.3) is 0 Å². The molecule has 0 heterocycles. The Bertz CT molecular complexity index is 567. The van der Waals surface area contributed by atoms with Gasteiger partial charge in [-0.2, -0.15) is 0 Å². The first-order valence-corrected chi connectivity index (χ1v) is 19.9. The lowest BCUT2D eigenvalue weighted by molar-refractivity contribution is 0.0701. The van der Waals surface area contributed by atoms with E-state index >= 15 is 0 Å². The summed E-state index contributed by atoms with van der Waals surface area (Å²) in [7, 11) is 0. The second-order valence-electron chi connectivity index (χ2n) is 16.5. The van der Waals surface area contributed by atoms with Crippen molar-refractivity contribution >= 4 is 0 Å². The van der Waals surface area contributed by atoms with Gasteiger partial charge in [-0.25, -0.2) is 0 Å². The van der Waals surface area contributed by atoms with Crippen LogP contribution in [0.15, 0.2) is 0 Å². The topological polar surface area (TPSA) is 0 Å². The zero-order valence-corrected chi connectivity index (χ0v) is 31.7. The highest BCUT2D eigenvalue weighted by atomic mass is 14.5. The third-order valence-electron chi connectivity index (χ3n) is 10.7. The highest BCUT2D eigenvalue weighted by Gasteiger charge is 2.48. The molecular formula is C42H85. The van der Waals surface area contributed by atoms with Crippen molar-refractivity contribution in [3.63, 3.8) is 0 Å². The molecule has 0 aliphatic carbocycles. The molecule has 0 spiro atoms. The smallest absolute Gasteiger partial charge is 0.0148 e. The molecule has 0 saturated heterocycles. The van der Waals surface area contributed by atoms with E-state index in [9.17, 15) is 0 Å². The van der Waals surface area contributed by atoms with Gasteiger partial charge in [-0.05, 0) is 66.6 Å². The molecule has 2 unspecified atom stereocenters. The van der Waals surface area contributed by atoms with Crippen molar-refractivity contribution in [3.05, 3.63) is 5.92 Å². The Morgan fingerprint density at radius 2 is 0.738 bits per heavy atom. The summed E-state index contributed by atoms with van der Waals surface area (Å²) in [5.74, 6) is 2.78. The average Bonchev–Trinajstić information content (AvgIpc) is 2.93. The first-order valence-electron chi connectivity index (χ1n) is 19.9. The van der Waals surface area contributed by atoms with E-state index in [0.29, 0.717) is 16.2 Å². The van der Waals surface area contributed by atoms with Crippen molar-refractivity contribution in [2.75, 3.05) is 0 Å². The van der Waals surface area contributed by atoms with Crippen molar-refractivity contribution in [3.8, 4) is 0 Å². The molecule has 0 rings (SSSR count). The first kappa shape index (κ1) is 42.0. The average molecular weight is 590 g/mol. The van der Waals surface area contributed by atoms with E-state index in [1.165, 1.54) is 173 Å². The van der Waals surface area contributed by atoms with Crippen LogP contribution < -0.4 is 0 Å². The van der Waals surface area contributed by atoms with Crippen molar-refractivity contribution < 1.29 is 0 Å². The molecule has 0 amide bonds. The van der Waals surface area contributed by atoms with Crippen LogP contribution in [0.5, 0.6) is 0 Å².